The highest BCUT2D eigenvalue weighted by Gasteiger charge is 2.08. The Balaban J connectivity index is 1.39. The van der Waals surface area contributed by atoms with Gasteiger partial charge in [-0.25, -0.2) is 4.39 Å². The Bertz CT molecular complexity index is 1000. The van der Waals surface area contributed by atoms with Crippen LogP contribution in [-0.4, -0.2) is 18.4 Å². The fourth-order valence-corrected chi connectivity index (χ4v) is 2.82. The maximum absolute atomic E-state index is 12.9. The SMILES string of the molecule is Cc1ccccc1C(=O)NCCC(=O)NCc1ccc(Oc2ccc(F)cc2)cc1. The van der Waals surface area contributed by atoms with E-state index < -0.39 is 0 Å². The second-order valence-corrected chi connectivity index (χ2v) is 6.80. The summed E-state index contributed by atoms with van der Waals surface area (Å²) in [6.45, 7) is 2.52. The van der Waals surface area contributed by atoms with Crippen LogP contribution >= 0.6 is 0 Å². The normalized spacial score (nSPS) is 10.3. The number of aryl methyl sites for hydroxylation is 1. The van der Waals surface area contributed by atoms with Crippen molar-refractivity contribution in [1.29, 1.82) is 0 Å². The van der Waals surface area contributed by atoms with Crippen LogP contribution in [0.25, 0.3) is 0 Å². The van der Waals surface area contributed by atoms with Crippen LogP contribution in [0.2, 0.25) is 0 Å². The number of hydrogen-bond donors (Lipinski definition) is 2. The molecule has 6 heteroatoms. The van der Waals surface area contributed by atoms with Gasteiger partial charge < -0.3 is 15.4 Å². The predicted molar refractivity (Wildman–Crippen MR) is 113 cm³/mol. The van der Waals surface area contributed by atoms with Crippen LogP contribution in [-0.2, 0) is 11.3 Å². The summed E-state index contributed by atoms with van der Waals surface area (Å²) in [5, 5.41) is 5.59. The van der Waals surface area contributed by atoms with Gasteiger partial charge in [0.2, 0.25) is 5.91 Å². The summed E-state index contributed by atoms with van der Waals surface area (Å²) >= 11 is 0. The minimum absolute atomic E-state index is 0.147. The molecule has 5 nitrogen and oxygen atoms in total. The highest BCUT2D eigenvalue weighted by Crippen LogP contribution is 2.21. The predicted octanol–water partition coefficient (Wildman–Crippen LogP) is 4.36. The van der Waals surface area contributed by atoms with Crippen molar-refractivity contribution < 1.29 is 18.7 Å². The maximum Gasteiger partial charge on any atom is 0.251 e. The molecule has 0 fully saturated rings. The summed E-state index contributed by atoms with van der Waals surface area (Å²) < 4.78 is 18.6. The van der Waals surface area contributed by atoms with E-state index in [9.17, 15) is 14.0 Å². The molecule has 0 bridgehead atoms. The lowest BCUT2D eigenvalue weighted by Crippen LogP contribution is -2.30. The highest BCUT2D eigenvalue weighted by atomic mass is 19.1. The number of carbonyl (C=O) groups excluding carboxylic acids is 2. The van der Waals surface area contributed by atoms with Gasteiger partial charge in [-0.2, -0.15) is 0 Å². The monoisotopic (exact) mass is 406 g/mol. The molecule has 2 amide bonds. The summed E-state index contributed by atoms with van der Waals surface area (Å²) in [6, 6.07) is 20.4. The molecule has 3 aromatic rings. The van der Waals surface area contributed by atoms with Gasteiger partial charge in [0.15, 0.2) is 0 Å². The van der Waals surface area contributed by atoms with Crippen molar-refractivity contribution in [3.8, 4) is 11.5 Å². The van der Waals surface area contributed by atoms with E-state index in [1.807, 2.05) is 37.3 Å². The van der Waals surface area contributed by atoms with Gasteiger partial charge in [-0.15, -0.1) is 0 Å². The molecular formula is C24H23FN2O3. The van der Waals surface area contributed by atoms with Gasteiger partial charge in [-0.1, -0.05) is 30.3 Å². The van der Waals surface area contributed by atoms with E-state index in [4.69, 9.17) is 4.74 Å². The molecule has 154 valence electrons. The standard InChI is InChI=1S/C24H23FN2O3/c1-17-4-2-3-5-22(17)24(29)26-15-14-23(28)27-16-18-6-10-20(11-7-18)30-21-12-8-19(25)9-13-21/h2-13H,14-16H2,1H3,(H,26,29)(H,27,28). The fourth-order valence-electron chi connectivity index (χ4n) is 2.82. The van der Waals surface area contributed by atoms with Crippen LogP contribution in [0.1, 0.15) is 27.9 Å². The molecule has 0 atom stereocenters. The smallest absolute Gasteiger partial charge is 0.251 e. The summed E-state index contributed by atoms with van der Waals surface area (Å²) in [4.78, 5) is 24.2. The average Bonchev–Trinajstić information content (AvgIpc) is 2.75. The molecule has 0 aliphatic heterocycles. The van der Waals surface area contributed by atoms with Gasteiger partial charge in [0.1, 0.15) is 17.3 Å². The van der Waals surface area contributed by atoms with Crippen molar-refractivity contribution in [3.63, 3.8) is 0 Å². The third kappa shape index (κ3) is 6.17. The number of ether oxygens (including phenoxy) is 1. The van der Waals surface area contributed by atoms with Crippen LogP contribution in [0.5, 0.6) is 11.5 Å². The zero-order chi connectivity index (χ0) is 21.3. The summed E-state index contributed by atoms with van der Waals surface area (Å²) in [5.74, 6) is 0.522. The lowest BCUT2D eigenvalue weighted by molar-refractivity contribution is -0.121. The first-order valence-corrected chi connectivity index (χ1v) is 9.64. The fraction of sp³-hybridized carbons (Fsp3) is 0.167. The van der Waals surface area contributed by atoms with Crippen LogP contribution in [0, 0.1) is 12.7 Å². The molecule has 30 heavy (non-hydrogen) atoms. The van der Waals surface area contributed by atoms with E-state index >= 15 is 0 Å². The van der Waals surface area contributed by atoms with E-state index in [-0.39, 0.29) is 30.6 Å². The van der Waals surface area contributed by atoms with Gasteiger partial charge in [0.05, 0.1) is 0 Å². The van der Waals surface area contributed by atoms with Gasteiger partial charge in [-0.3, -0.25) is 9.59 Å². The van der Waals surface area contributed by atoms with Gasteiger partial charge >= 0.3 is 0 Å². The first-order chi connectivity index (χ1) is 14.5. The third-order valence-electron chi connectivity index (χ3n) is 4.49. The second-order valence-electron chi connectivity index (χ2n) is 6.80. The Hall–Kier alpha value is -3.67. The quantitative estimate of drug-likeness (QED) is 0.584. The maximum atomic E-state index is 12.9. The summed E-state index contributed by atoms with van der Waals surface area (Å²) in [7, 11) is 0. The van der Waals surface area contributed by atoms with Crippen molar-refractivity contribution in [2.45, 2.75) is 19.9 Å². The number of carbonyl (C=O) groups is 2. The van der Waals surface area contributed by atoms with E-state index in [2.05, 4.69) is 10.6 Å². The van der Waals surface area contributed by atoms with Crippen molar-refractivity contribution in [2.75, 3.05) is 6.54 Å². The van der Waals surface area contributed by atoms with E-state index in [1.165, 1.54) is 12.1 Å². The van der Waals surface area contributed by atoms with E-state index in [1.54, 1.807) is 30.3 Å². The molecule has 0 aromatic heterocycles. The van der Waals surface area contributed by atoms with E-state index in [0.29, 0.717) is 23.6 Å². The Morgan fingerprint density at radius 3 is 2.17 bits per heavy atom. The summed E-state index contributed by atoms with van der Waals surface area (Å²) in [6.07, 6.45) is 0.198. The zero-order valence-electron chi connectivity index (χ0n) is 16.7. The molecule has 0 radical (unpaired) electrons. The van der Waals surface area contributed by atoms with Crippen molar-refractivity contribution in [2.24, 2.45) is 0 Å². The van der Waals surface area contributed by atoms with Gasteiger partial charge in [0, 0.05) is 25.1 Å². The first kappa shape index (κ1) is 21.0. The number of nitrogens with one attached hydrogen (secondary N) is 2. The molecular weight excluding hydrogens is 383 g/mol. The Labute approximate surface area is 174 Å². The minimum Gasteiger partial charge on any atom is -0.457 e. The molecule has 0 spiro atoms. The molecule has 3 aromatic carbocycles. The van der Waals surface area contributed by atoms with Crippen molar-refractivity contribution >= 4 is 11.8 Å². The van der Waals surface area contributed by atoms with E-state index in [0.717, 1.165) is 11.1 Å². The second kappa shape index (κ2) is 10.2. The largest absolute Gasteiger partial charge is 0.457 e. The third-order valence-corrected chi connectivity index (χ3v) is 4.49. The lowest BCUT2D eigenvalue weighted by Gasteiger charge is -2.09. The van der Waals surface area contributed by atoms with Gasteiger partial charge in [-0.05, 0) is 60.5 Å². The number of amides is 2. The molecule has 0 aliphatic rings. The number of benzene rings is 3. The topological polar surface area (TPSA) is 67.4 Å². The first-order valence-electron chi connectivity index (χ1n) is 9.64. The Morgan fingerprint density at radius 1 is 0.867 bits per heavy atom. The average molecular weight is 406 g/mol. The molecule has 0 heterocycles. The lowest BCUT2D eigenvalue weighted by atomic mass is 10.1. The highest BCUT2D eigenvalue weighted by molar-refractivity contribution is 5.95. The van der Waals surface area contributed by atoms with Crippen LogP contribution in [0.4, 0.5) is 4.39 Å². The number of halogens is 1. The zero-order valence-corrected chi connectivity index (χ0v) is 16.7. The molecule has 0 aliphatic carbocycles. The van der Waals surface area contributed by atoms with Gasteiger partial charge in [0.25, 0.3) is 5.91 Å². The van der Waals surface area contributed by atoms with Crippen LogP contribution in [0.3, 0.4) is 0 Å². The molecule has 0 unspecified atom stereocenters. The molecule has 2 N–H and O–H groups in total. The van der Waals surface area contributed by atoms with Crippen LogP contribution in [0.15, 0.2) is 72.8 Å². The number of rotatable bonds is 8. The number of hydrogen-bond acceptors (Lipinski definition) is 3. The van der Waals surface area contributed by atoms with Crippen molar-refractivity contribution in [1.82, 2.24) is 10.6 Å². The summed E-state index contributed by atoms with van der Waals surface area (Å²) in [5.41, 5.74) is 2.42. The molecule has 3 rings (SSSR count). The molecule has 0 saturated carbocycles. The Kier molecular flexibility index (Phi) is 7.16. The Morgan fingerprint density at radius 2 is 1.50 bits per heavy atom. The van der Waals surface area contributed by atoms with Crippen LogP contribution < -0.4 is 15.4 Å². The minimum atomic E-state index is -0.316. The molecule has 0 saturated heterocycles. The van der Waals surface area contributed by atoms with Crippen molar-refractivity contribution in [3.05, 3.63) is 95.3 Å².